The second kappa shape index (κ2) is 8.83. The van der Waals surface area contributed by atoms with Gasteiger partial charge in [0, 0.05) is 29.3 Å². The molecule has 2 fully saturated rings. The molecule has 2 aromatic carbocycles. The maximum atomic E-state index is 13.9. The van der Waals surface area contributed by atoms with Crippen LogP contribution in [0, 0.1) is 16.0 Å². The smallest absolute Gasteiger partial charge is 0.158 e. The molecule has 6 rings (SSSR count). The first-order valence-corrected chi connectivity index (χ1v) is 15.4. The molecule has 5 N–H and O–H groups in total. The molecule has 3 aromatic rings. The highest BCUT2D eigenvalue weighted by atomic mass is 35.5. The summed E-state index contributed by atoms with van der Waals surface area (Å²) in [5, 5.41) is 0.778. The van der Waals surface area contributed by atoms with Crippen molar-refractivity contribution in [1.82, 2.24) is 9.97 Å². The third kappa shape index (κ3) is 4.18. The highest BCUT2D eigenvalue weighted by molar-refractivity contribution is 7.99. The van der Waals surface area contributed by atoms with Crippen LogP contribution in [0.5, 0.6) is 0 Å². The van der Waals surface area contributed by atoms with Gasteiger partial charge in [0.2, 0.25) is 0 Å². The first-order chi connectivity index (χ1) is 17.6. The molecule has 3 aliphatic rings. The molecule has 1 spiro atoms. The summed E-state index contributed by atoms with van der Waals surface area (Å²) < 4.78 is 34.0. The number of aromatic nitrogens is 2. The highest BCUT2D eigenvalue weighted by Crippen LogP contribution is 2.57. The van der Waals surface area contributed by atoms with Crippen molar-refractivity contribution in [3.05, 3.63) is 64.6 Å². The van der Waals surface area contributed by atoms with Gasteiger partial charge in [-0.25, -0.2) is 23.3 Å². The molecule has 0 radical (unpaired) electrons. The summed E-state index contributed by atoms with van der Waals surface area (Å²) in [6.07, 6.45) is 7.86. The number of nitrogens with two attached hydrogens (primary N) is 2. The molecule has 37 heavy (non-hydrogen) atoms. The largest absolute Gasteiger partial charge is 0.381 e. The van der Waals surface area contributed by atoms with Gasteiger partial charge in [0.15, 0.2) is 5.82 Å². The van der Waals surface area contributed by atoms with Gasteiger partial charge in [-0.3, -0.25) is 0 Å². The van der Waals surface area contributed by atoms with E-state index in [0.29, 0.717) is 15.7 Å². The minimum absolute atomic E-state index is 0.0646. The quantitative estimate of drug-likeness (QED) is 0.391. The summed E-state index contributed by atoms with van der Waals surface area (Å²) in [4.78, 5) is 12.6. The van der Waals surface area contributed by atoms with Crippen molar-refractivity contribution < 1.29 is 8.60 Å². The summed E-state index contributed by atoms with van der Waals surface area (Å²) >= 11 is 7.71. The van der Waals surface area contributed by atoms with Gasteiger partial charge in [-0.1, -0.05) is 35.5 Å². The van der Waals surface area contributed by atoms with E-state index in [2.05, 4.69) is 9.88 Å². The van der Waals surface area contributed by atoms with E-state index in [1.165, 1.54) is 24.1 Å². The van der Waals surface area contributed by atoms with Gasteiger partial charge in [-0.05, 0) is 72.9 Å². The van der Waals surface area contributed by atoms with Crippen LogP contribution in [0.1, 0.15) is 42.9 Å². The van der Waals surface area contributed by atoms with Gasteiger partial charge in [-0.15, -0.1) is 0 Å². The average molecular weight is 559 g/mol. The number of halogens is 2. The SMILES string of the molecule is CS(=N)(=O)c1cccc(Sc2ncc(N3C4CCC3CC3(Cc5cc(F)ccc5C3N)C4)nc2N)c1Cl. The fourth-order valence-electron chi connectivity index (χ4n) is 6.57. The van der Waals surface area contributed by atoms with E-state index < -0.39 is 9.73 Å². The van der Waals surface area contributed by atoms with E-state index in [1.54, 1.807) is 30.5 Å². The molecule has 0 amide bonds. The Bertz CT molecular complexity index is 1500. The molecule has 1 aliphatic carbocycles. The van der Waals surface area contributed by atoms with Crippen molar-refractivity contribution in [3.8, 4) is 0 Å². The van der Waals surface area contributed by atoms with Gasteiger partial charge in [-0.2, -0.15) is 0 Å². The van der Waals surface area contributed by atoms with E-state index in [1.807, 2.05) is 6.07 Å². The molecule has 0 saturated carbocycles. The normalized spacial score (nSPS) is 27.9. The predicted octanol–water partition coefficient (Wildman–Crippen LogP) is 5.41. The summed E-state index contributed by atoms with van der Waals surface area (Å²) in [6.45, 7) is 0. The second-order valence-corrected chi connectivity index (χ2v) is 14.0. The van der Waals surface area contributed by atoms with Crippen molar-refractivity contribution in [2.45, 2.75) is 65.0 Å². The number of hydrogen-bond donors (Lipinski definition) is 3. The molecule has 4 atom stereocenters. The Morgan fingerprint density at radius 2 is 1.97 bits per heavy atom. The van der Waals surface area contributed by atoms with Crippen LogP contribution in [0.2, 0.25) is 5.02 Å². The van der Waals surface area contributed by atoms with E-state index in [9.17, 15) is 8.60 Å². The Hall–Kier alpha value is -2.40. The summed E-state index contributed by atoms with van der Waals surface area (Å²) in [5.74, 6) is 0.845. The zero-order valence-electron chi connectivity index (χ0n) is 20.3. The average Bonchev–Trinajstić information content (AvgIpc) is 3.25. The Labute approximate surface area is 225 Å². The Kier molecular flexibility index (Phi) is 5.94. The molecule has 2 aliphatic heterocycles. The van der Waals surface area contributed by atoms with E-state index in [0.717, 1.165) is 49.0 Å². The van der Waals surface area contributed by atoms with Crippen molar-refractivity contribution in [3.63, 3.8) is 0 Å². The van der Waals surface area contributed by atoms with E-state index >= 15 is 0 Å². The number of fused-ring (bicyclic) bond motifs is 3. The summed E-state index contributed by atoms with van der Waals surface area (Å²) in [5.41, 5.74) is 15.2. The molecule has 1 aromatic heterocycles. The number of nitrogens with zero attached hydrogens (tertiary/aromatic N) is 3. The number of hydrogen-bond acceptors (Lipinski definition) is 8. The Balaban J connectivity index is 1.24. The van der Waals surface area contributed by atoms with Crippen LogP contribution in [0.15, 0.2) is 57.4 Å². The van der Waals surface area contributed by atoms with Crippen LogP contribution in [0.3, 0.4) is 0 Å². The van der Waals surface area contributed by atoms with Crippen molar-refractivity contribution in [1.29, 1.82) is 4.78 Å². The van der Waals surface area contributed by atoms with Crippen LogP contribution in [-0.2, 0) is 16.1 Å². The summed E-state index contributed by atoms with van der Waals surface area (Å²) in [6, 6.07) is 10.6. The number of anilines is 2. The number of nitrogens with one attached hydrogen (secondary N) is 1. The molecule has 11 heteroatoms. The van der Waals surface area contributed by atoms with Crippen LogP contribution in [-0.4, -0.2) is 32.5 Å². The lowest BCUT2D eigenvalue weighted by atomic mass is 9.70. The fraction of sp³-hybridized carbons (Fsp3) is 0.385. The second-order valence-electron chi connectivity index (χ2n) is 10.5. The molecule has 4 unspecified atom stereocenters. The van der Waals surface area contributed by atoms with Crippen molar-refractivity contribution in [2.24, 2.45) is 11.1 Å². The molecular formula is C26H28ClFN6OS2. The number of rotatable bonds is 4. The van der Waals surface area contributed by atoms with Gasteiger partial charge in [0.05, 0.1) is 25.8 Å². The van der Waals surface area contributed by atoms with Crippen LogP contribution in [0.4, 0.5) is 16.0 Å². The minimum Gasteiger partial charge on any atom is -0.381 e. The zero-order valence-corrected chi connectivity index (χ0v) is 22.7. The number of benzene rings is 2. The molecule has 194 valence electrons. The first-order valence-electron chi connectivity index (χ1n) is 12.2. The highest BCUT2D eigenvalue weighted by Gasteiger charge is 2.54. The topological polar surface area (TPSA) is 122 Å². The van der Waals surface area contributed by atoms with E-state index in [-0.39, 0.29) is 39.3 Å². The van der Waals surface area contributed by atoms with E-state index in [4.69, 9.17) is 32.8 Å². The Morgan fingerprint density at radius 1 is 1.24 bits per heavy atom. The number of piperidine rings is 1. The third-order valence-electron chi connectivity index (χ3n) is 8.12. The van der Waals surface area contributed by atoms with Crippen LogP contribution in [0.25, 0.3) is 0 Å². The first kappa shape index (κ1) is 24.9. The fourth-order valence-corrected chi connectivity index (χ4v) is 8.91. The molecule has 2 bridgehead atoms. The predicted molar refractivity (Wildman–Crippen MR) is 145 cm³/mol. The zero-order chi connectivity index (χ0) is 26.1. The lowest BCUT2D eigenvalue weighted by Crippen LogP contribution is -2.51. The lowest BCUT2D eigenvalue weighted by molar-refractivity contribution is 0.155. The Morgan fingerprint density at radius 3 is 2.65 bits per heavy atom. The maximum absolute atomic E-state index is 13.9. The van der Waals surface area contributed by atoms with Gasteiger partial charge >= 0.3 is 0 Å². The van der Waals surface area contributed by atoms with Crippen molar-refractivity contribution in [2.75, 3.05) is 16.9 Å². The maximum Gasteiger partial charge on any atom is 0.158 e. The van der Waals surface area contributed by atoms with Crippen LogP contribution >= 0.6 is 23.4 Å². The van der Waals surface area contributed by atoms with Gasteiger partial charge in [0.1, 0.15) is 16.7 Å². The number of nitrogen functional groups attached to an aromatic ring is 1. The molecular weight excluding hydrogens is 531 g/mol. The standard InChI is InChI=1S/C26H28ClFN6OS2/c1-37(31,35)20-4-2-3-19(22(20)27)36-25-24(30)33-21(13-32-25)34-16-6-7-17(34)12-26(11-16)10-14-9-15(28)5-8-18(14)23(26)29/h2-5,8-9,13,16-17,23,31H,6-7,10-12,29H2,1H3,(H2,30,33). The van der Waals surface area contributed by atoms with Crippen LogP contribution < -0.4 is 16.4 Å². The lowest BCUT2D eigenvalue weighted by Gasteiger charge is -2.47. The monoisotopic (exact) mass is 558 g/mol. The molecule has 3 heterocycles. The third-order valence-corrected chi connectivity index (χ3v) is 11.0. The van der Waals surface area contributed by atoms with Gasteiger partial charge < -0.3 is 16.4 Å². The summed E-state index contributed by atoms with van der Waals surface area (Å²) in [7, 11) is -2.96. The van der Waals surface area contributed by atoms with Crippen molar-refractivity contribution >= 4 is 44.7 Å². The van der Waals surface area contributed by atoms with Gasteiger partial charge in [0.25, 0.3) is 0 Å². The minimum atomic E-state index is -2.96. The molecule has 2 saturated heterocycles. The molecule has 7 nitrogen and oxygen atoms in total.